The van der Waals surface area contributed by atoms with Crippen LogP contribution in [0.15, 0.2) is 42.9 Å². The number of nitrogens with zero attached hydrogens (tertiary/aromatic N) is 3. The normalized spacial score (nSPS) is 14.6. The summed E-state index contributed by atoms with van der Waals surface area (Å²) in [5, 5.41) is 12.2. The molecular weight excluding hydrogens is 340 g/mol. The number of benzene rings is 1. The lowest BCUT2D eigenvalue weighted by Gasteiger charge is -2.27. The Morgan fingerprint density at radius 2 is 2.07 bits per heavy atom. The van der Waals surface area contributed by atoms with Gasteiger partial charge < -0.3 is 20.1 Å². The van der Waals surface area contributed by atoms with Gasteiger partial charge in [-0.2, -0.15) is 0 Å². The molecule has 0 unspecified atom stereocenters. The molecule has 0 aliphatic heterocycles. The highest BCUT2D eigenvalue weighted by atomic mass is 16.5. The van der Waals surface area contributed by atoms with E-state index in [0.717, 1.165) is 34.9 Å². The average molecular weight is 360 g/mol. The second-order valence-corrected chi connectivity index (χ2v) is 7.01. The Kier molecular flexibility index (Phi) is 3.47. The van der Waals surface area contributed by atoms with E-state index in [0.29, 0.717) is 28.4 Å². The highest BCUT2D eigenvalue weighted by molar-refractivity contribution is 6.12. The molecule has 1 fully saturated rings. The Hall–Kier alpha value is -3.28. The van der Waals surface area contributed by atoms with Crippen LogP contribution in [0.1, 0.15) is 25.3 Å². The SMILES string of the molecule is COc1cnccc1-c1cccc2c(N)c3c(O)n(C4CCC4)cc3nc12. The Labute approximate surface area is 156 Å². The predicted octanol–water partition coefficient (Wildman–Crippen LogP) is 4.27. The molecule has 0 spiro atoms. The molecule has 27 heavy (non-hydrogen) atoms. The van der Waals surface area contributed by atoms with E-state index < -0.39 is 0 Å². The third-order valence-electron chi connectivity index (χ3n) is 5.58. The fraction of sp³-hybridized carbons (Fsp3) is 0.238. The minimum atomic E-state index is 0.216. The van der Waals surface area contributed by atoms with Crippen LogP contribution >= 0.6 is 0 Å². The summed E-state index contributed by atoms with van der Waals surface area (Å²) in [5.41, 5.74) is 10.4. The summed E-state index contributed by atoms with van der Waals surface area (Å²) in [6.07, 6.45) is 8.69. The maximum atomic E-state index is 10.7. The highest BCUT2D eigenvalue weighted by Gasteiger charge is 2.25. The molecule has 1 aliphatic carbocycles. The van der Waals surface area contributed by atoms with Crippen molar-refractivity contribution >= 4 is 27.5 Å². The van der Waals surface area contributed by atoms with Crippen LogP contribution in [0.4, 0.5) is 5.69 Å². The predicted molar refractivity (Wildman–Crippen MR) is 106 cm³/mol. The molecule has 0 bridgehead atoms. The molecule has 6 heteroatoms. The Morgan fingerprint density at radius 3 is 2.81 bits per heavy atom. The summed E-state index contributed by atoms with van der Waals surface area (Å²) in [5.74, 6) is 0.897. The quantitative estimate of drug-likeness (QED) is 0.570. The zero-order valence-corrected chi connectivity index (χ0v) is 15.0. The smallest absolute Gasteiger partial charge is 0.203 e. The van der Waals surface area contributed by atoms with E-state index in [1.54, 1.807) is 19.5 Å². The van der Waals surface area contributed by atoms with Crippen molar-refractivity contribution in [3.63, 3.8) is 0 Å². The largest absolute Gasteiger partial charge is 0.494 e. The van der Waals surface area contributed by atoms with Crippen LogP contribution in [-0.2, 0) is 0 Å². The second kappa shape index (κ2) is 5.87. The number of ether oxygens (including phenoxy) is 1. The summed E-state index contributed by atoms with van der Waals surface area (Å²) in [6, 6.07) is 8.13. The number of aromatic nitrogens is 3. The summed E-state index contributed by atoms with van der Waals surface area (Å²) in [6.45, 7) is 0. The van der Waals surface area contributed by atoms with Gasteiger partial charge in [0, 0.05) is 34.9 Å². The number of nitrogens with two attached hydrogens (primary N) is 1. The van der Waals surface area contributed by atoms with Crippen LogP contribution < -0.4 is 10.5 Å². The van der Waals surface area contributed by atoms with Gasteiger partial charge in [0.2, 0.25) is 5.88 Å². The van der Waals surface area contributed by atoms with Gasteiger partial charge >= 0.3 is 0 Å². The molecule has 5 rings (SSSR count). The molecule has 0 atom stereocenters. The van der Waals surface area contributed by atoms with E-state index in [4.69, 9.17) is 15.5 Å². The van der Waals surface area contributed by atoms with Crippen LogP contribution in [0.25, 0.3) is 32.9 Å². The van der Waals surface area contributed by atoms with Crippen molar-refractivity contribution in [2.24, 2.45) is 0 Å². The maximum absolute atomic E-state index is 10.7. The lowest BCUT2D eigenvalue weighted by atomic mass is 9.93. The summed E-state index contributed by atoms with van der Waals surface area (Å²) in [4.78, 5) is 9.01. The van der Waals surface area contributed by atoms with Gasteiger partial charge in [-0.15, -0.1) is 0 Å². The zero-order chi connectivity index (χ0) is 18.5. The Bertz CT molecular complexity index is 1180. The molecule has 0 radical (unpaired) electrons. The van der Waals surface area contributed by atoms with Crippen molar-refractivity contribution in [3.8, 4) is 22.8 Å². The second-order valence-electron chi connectivity index (χ2n) is 7.01. The fourth-order valence-electron chi connectivity index (χ4n) is 3.91. The van der Waals surface area contributed by atoms with E-state index >= 15 is 0 Å². The van der Waals surface area contributed by atoms with Gasteiger partial charge in [-0.1, -0.05) is 18.2 Å². The van der Waals surface area contributed by atoms with E-state index in [1.807, 2.05) is 35.0 Å². The number of rotatable bonds is 3. The molecule has 3 aromatic heterocycles. The van der Waals surface area contributed by atoms with E-state index in [1.165, 1.54) is 6.42 Å². The van der Waals surface area contributed by atoms with Crippen LogP contribution in [0, 0.1) is 0 Å². The van der Waals surface area contributed by atoms with Crippen molar-refractivity contribution in [3.05, 3.63) is 42.9 Å². The minimum Gasteiger partial charge on any atom is -0.494 e. The third-order valence-corrected chi connectivity index (χ3v) is 5.58. The summed E-state index contributed by atoms with van der Waals surface area (Å²) >= 11 is 0. The molecule has 3 N–H and O–H groups in total. The summed E-state index contributed by atoms with van der Waals surface area (Å²) in [7, 11) is 1.63. The molecule has 0 amide bonds. The van der Waals surface area contributed by atoms with Crippen molar-refractivity contribution < 1.29 is 9.84 Å². The molecule has 136 valence electrons. The Balaban J connectivity index is 1.82. The number of fused-ring (bicyclic) bond motifs is 2. The minimum absolute atomic E-state index is 0.216. The first-order chi connectivity index (χ1) is 13.2. The maximum Gasteiger partial charge on any atom is 0.203 e. The van der Waals surface area contributed by atoms with Crippen LogP contribution in [-0.4, -0.2) is 26.8 Å². The molecule has 4 aromatic rings. The van der Waals surface area contributed by atoms with E-state index in [2.05, 4.69) is 4.98 Å². The molecular formula is C21H20N4O2. The Morgan fingerprint density at radius 1 is 1.22 bits per heavy atom. The van der Waals surface area contributed by atoms with Crippen molar-refractivity contribution in [1.82, 2.24) is 14.5 Å². The van der Waals surface area contributed by atoms with Crippen LogP contribution in [0.3, 0.4) is 0 Å². The number of nitrogen functional groups attached to an aromatic ring is 1. The lowest BCUT2D eigenvalue weighted by Crippen LogP contribution is -2.15. The number of hydrogen-bond acceptors (Lipinski definition) is 5. The first kappa shape index (κ1) is 15.9. The van der Waals surface area contributed by atoms with Crippen molar-refractivity contribution in [2.45, 2.75) is 25.3 Å². The zero-order valence-electron chi connectivity index (χ0n) is 15.0. The molecule has 6 nitrogen and oxygen atoms in total. The lowest BCUT2D eigenvalue weighted by molar-refractivity contribution is 0.283. The number of anilines is 1. The van der Waals surface area contributed by atoms with Gasteiger partial charge in [-0.3, -0.25) is 4.98 Å². The number of pyridine rings is 2. The van der Waals surface area contributed by atoms with Crippen LogP contribution in [0.2, 0.25) is 0 Å². The van der Waals surface area contributed by atoms with Crippen molar-refractivity contribution in [1.29, 1.82) is 0 Å². The first-order valence-corrected chi connectivity index (χ1v) is 9.09. The number of hydrogen-bond donors (Lipinski definition) is 2. The van der Waals surface area contributed by atoms with Gasteiger partial charge in [0.25, 0.3) is 0 Å². The molecule has 1 aliphatic rings. The molecule has 1 aromatic carbocycles. The van der Waals surface area contributed by atoms with E-state index in [-0.39, 0.29) is 5.88 Å². The number of para-hydroxylation sites is 1. The van der Waals surface area contributed by atoms with Crippen molar-refractivity contribution in [2.75, 3.05) is 12.8 Å². The highest BCUT2D eigenvalue weighted by Crippen LogP contribution is 2.43. The molecule has 0 saturated heterocycles. The van der Waals surface area contributed by atoms with Gasteiger partial charge in [-0.25, -0.2) is 4.98 Å². The molecule has 3 heterocycles. The monoisotopic (exact) mass is 360 g/mol. The topological polar surface area (TPSA) is 86.2 Å². The summed E-state index contributed by atoms with van der Waals surface area (Å²) < 4.78 is 7.40. The standard InChI is InChI=1S/C21H20N4O2/c1-27-17-10-23-9-8-13(17)14-6-3-7-15-19(22)18-16(24-20(14)15)11-25(21(18)26)12-4-2-5-12/h3,6-12,26H,2,4-5,22H2,1H3. The average Bonchev–Trinajstić information content (AvgIpc) is 2.96. The van der Waals surface area contributed by atoms with Gasteiger partial charge in [0.05, 0.1) is 35.4 Å². The third kappa shape index (κ3) is 2.26. The first-order valence-electron chi connectivity index (χ1n) is 9.09. The van der Waals surface area contributed by atoms with E-state index in [9.17, 15) is 5.11 Å². The fourth-order valence-corrected chi connectivity index (χ4v) is 3.91. The van der Waals surface area contributed by atoms with Gasteiger partial charge in [-0.05, 0) is 25.3 Å². The van der Waals surface area contributed by atoms with Crippen LogP contribution in [0.5, 0.6) is 11.6 Å². The van der Waals surface area contributed by atoms with Gasteiger partial charge in [0.1, 0.15) is 5.75 Å². The molecule has 1 saturated carbocycles. The number of aromatic hydroxyl groups is 1. The number of methoxy groups -OCH3 is 1. The van der Waals surface area contributed by atoms with Gasteiger partial charge in [0.15, 0.2) is 0 Å².